The maximum Gasteiger partial charge on any atom is 0.0225 e. The topological polar surface area (TPSA) is 24.1 Å². The molecule has 2 rings (SSSR count). The van der Waals surface area contributed by atoms with Crippen LogP contribution in [0.5, 0.6) is 0 Å². The monoisotopic (exact) mass is 284 g/mol. The third-order valence-electron chi connectivity index (χ3n) is 5.03. The zero-order valence-corrected chi connectivity index (χ0v) is 13.8. The van der Waals surface area contributed by atoms with Crippen molar-refractivity contribution in [2.75, 3.05) is 19.3 Å². The Morgan fingerprint density at radius 1 is 1.11 bits per heavy atom. The van der Waals surface area contributed by atoms with Gasteiger partial charge in [0, 0.05) is 23.4 Å². The van der Waals surface area contributed by atoms with Gasteiger partial charge < -0.3 is 10.6 Å². The lowest BCUT2D eigenvalue weighted by molar-refractivity contribution is 0.180. The first-order chi connectivity index (χ1) is 9.12. The van der Waals surface area contributed by atoms with Crippen LogP contribution < -0.4 is 10.6 Å². The minimum atomic E-state index is 0.363. The number of rotatable bonds is 5. The Morgan fingerprint density at radius 3 is 2.53 bits per heavy atom. The molecule has 19 heavy (non-hydrogen) atoms. The molecule has 3 heteroatoms. The van der Waals surface area contributed by atoms with E-state index < -0.39 is 0 Å². The highest BCUT2D eigenvalue weighted by Gasteiger charge is 2.33. The molecule has 0 spiro atoms. The van der Waals surface area contributed by atoms with E-state index in [-0.39, 0.29) is 0 Å². The zero-order valence-electron chi connectivity index (χ0n) is 13.0. The van der Waals surface area contributed by atoms with Gasteiger partial charge in [-0.15, -0.1) is 0 Å². The summed E-state index contributed by atoms with van der Waals surface area (Å²) in [5.74, 6) is 0.867. The van der Waals surface area contributed by atoms with Gasteiger partial charge in [-0.1, -0.05) is 19.3 Å². The predicted molar refractivity (Wildman–Crippen MR) is 87.0 cm³/mol. The van der Waals surface area contributed by atoms with Crippen molar-refractivity contribution in [3.8, 4) is 0 Å². The van der Waals surface area contributed by atoms with Crippen LogP contribution in [0.4, 0.5) is 0 Å². The van der Waals surface area contributed by atoms with Crippen LogP contribution >= 0.6 is 11.8 Å². The highest BCUT2D eigenvalue weighted by atomic mass is 32.2. The fourth-order valence-electron chi connectivity index (χ4n) is 3.59. The summed E-state index contributed by atoms with van der Waals surface area (Å²) in [4.78, 5) is 0. The Hall–Kier alpha value is 0.270. The normalized spacial score (nSPS) is 33.3. The predicted octanol–water partition coefficient (Wildman–Crippen LogP) is 3.42. The molecule has 2 nitrogen and oxygen atoms in total. The number of nitrogens with one attached hydrogen (secondary N) is 2. The fraction of sp³-hybridized carbons (Fsp3) is 1.00. The van der Waals surface area contributed by atoms with Gasteiger partial charge in [0.15, 0.2) is 0 Å². The zero-order chi connectivity index (χ0) is 13.7. The first-order valence-corrected chi connectivity index (χ1v) is 9.37. The Morgan fingerprint density at radius 2 is 1.84 bits per heavy atom. The molecule has 3 atom stereocenters. The summed E-state index contributed by atoms with van der Waals surface area (Å²) in [5, 5.41) is 7.68. The Bertz CT molecular complexity index is 261. The number of piperidine rings is 1. The second-order valence-corrected chi connectivity index (χ2v) is 8.47. The van der Waals surface area contributed by atoms with Gasteiger partial charge in [-0.25, -0.2) is 0 Å². The molecule has 2 N–H and O–H groups in total. The van der Waals surface area contributed by atoms with E-state index in [1.54, 1.807) is 0 Å². The van der Waals surface area contributed by atoms with Crippen LogP contribution in [-0.4, -0.2) is 36.2 Å². The van der Waals surface area contributed by atoms with Crippen molar-refractivity contribution in [2.45, 2.75) is 75.6 Å². The van der Waals surface area contributed by atoms with Gasteiger partial charge in [0.25, 0.3) is 0 Å². The maximum atomic E-state index is 3.90. The summed E-state index contributed by atoms with van der Waals surface area (Å²) < 4.78 is 0.363. The van der Waals surface area contributed by atoms with Gasteiger partial charge in [-0.2, -0.15) is 11.8 Å². The van der Waals surface area contributed by atoms with Crippen molar-refractivity contribution < 1.29 is 0 Å². The second kappa shape index (κ2) is 7.33. The Balaban J connectivity index is 1.88. The summed E-state index contributed by atoms with van der Waals surface area (Å²) in [6, 6.07) is 1.53. The van der Waals surface area contributed by atoms with Gasteiger partial charge in [0.2, 0.25) is 0 Å². The van der Waals surface area contributed by atoms with Crippen molar-refractivity contribution in [3.63, 3.8) is 0 Å². The molecule has 1 aliphatic heterocycles. The van der Waals surface area contributed by atoms with Gasteiger partial charge >= 0.3 is 0 Å². The average Bonchev–Trinajstić information content (AvgIpc) is 2.46. The molecule has 2 aliphatic rings. The van der Waals surface area contributed by atoms with Crippen molar-refractivity contribution in [1.82, 2.24) is 10.6 Å². The van der Waals surface area contributed by atoms with Gasteiger partial charge in [-0.3, -0.25) is 0 Å². The third kappa shape index (κ3) is 4.64. The van der Waals surface area contributed by atoms with Crippen LogP contribution in [0, 0.1) is 5.92 Å². The molecule has 3 unspecified atom stereocenters. The molecule has 0 aromatic rings. The lowest BCUT2D eigenvalue weighted by Gasteiger charge is -2.41. The van der Waals surface area contributed by atoms with E-state index in [2.05, 4.69) is 30.7 Å². The summed E-state index contributed by atoms with van der Waals surface area (Å²) in [5.41, 5.74) is 0. The molecular weight excluding hydrogens is 252 g/mol. The quantitative estimate of drug-likeness (QED) is 0.809. The SMILES string of the molecule is CSC(C)(C)CNC1CCCCC1C1CCCCN1. The first-order valence-electron chi connectivity index (χ1n) is 8.14. The minimum absolute atomic E-state index is 0.363. The van der Waals surface area contributed by atoms with Gasteiger partial charge in [-0.05, 0) is 58.2 Å². The van der Waals surface area contributed by atoms with Crippen molar-refractivity contribution >= 4 is 11.8 Å². The van der Waals surface area contributed by atoms with E-state index in [0.29, 0.717) is 4.75 Å². The molecule has 0 aromatic carbocycles. The van der Waals surface area contributed by atoms with E-state index in [4.69, 9.17) is 0 Å². The molecule has 0 radical (unpaired) electrons. The molecule has 1 saturated carbocycles. The molecule has 1 aliphatic carbocycles. The third-order valence-corrected chi connectivity index (χ3v) is 6.28. The van der Waals surface area contributed by atoms with E-state index >= 15 is 0 Å². The highest BCUT2D eigenvalue weighted by molar-refractivity contribution is 7.99. The Kier molecular flexibility index (Phi) is 6.04. The van der Waals surface area contributed by atoms with Crippen LogP contribution in [-0.2, 0) is 0 Å². The number of hydrogen-bond donors (Lipinski definition) is 2. The van der Waals surface area contributed by atoms with Crippen LogP contribution in [0.15, 0.2) is 0 Å². The largest absolute Gasteiger partial charge is 0.314 e. The highest BCUT2D eigenvalue weighted by Crippen LogP contribution is 2.31. The summed E-state index contributed by atoms with van der Waals surface area (Å²) in [7, 11) is 0. The molecule has 2 fully saturated rings. The first kappa shape index (κ1) is 15.7. The summed E-state index contributed by atoms with van der Waals surface area (Å²) in [6.45, 7) is 7.08. The van der Waals surface area contributed by atoms with Crippen LogP contribution in [0.3, 0.4) is 0 Å². The summed E-state index contributed by atoms with van der Waals surface area (Å²) >= 11 is 1.97. The average molecular weight is 285 g/mol. The van der Waals surface area contributed by atoms with Gasteiger partial charge in [0.05, 0.1) is 0 Å². The van der Waals surface area contributed by atoms with Crippen LogP contribution in [0.2, 0.25) is 0 Å². The summed E-state index contributed by atoms with van der Waals surface area (Å²) in [6.07, 6.45) is 12.1. The fourth-order valence-corrected chi connectivity index (χ4v) is 3.82. The number of thioether (sulfide) groups is 1. The van der Waals surface area contributed by atoms with Crippen molar-refractivity contribution in [2.24, 2.45) is 5.92 Å². The smallest absolute Gasteiger partial charge is 0.0225 e. The van der Waals surface area contributed by atoms with Crippen molar-refractivity contribution in [1.29, 1.82) is 0 Å². The maximum absolute atomic E-state index is 3.90. The second-order valence-electron chi connectivity index (χ2n) is 6.96. The standard InChI is InChI=1S/C16H32N2S/c1-16(2,19-3)12-18-15-9-5-4-8-13(15)14-10-6-7-11-17-14/h13-15,17-18H,4-12H2,1-3H3. The van der Waals surface area contributed by atoms with E-state index in [9.17, 15) is 0 Å². The molecule has 0 amide bonds. The van der Waals surface area contributed by atoms with E-state index in [0.717, 1.165) is 24.5 Å². The lowest BCUT2D eigenvalue weighted by atomic mass is 9.77. The van der Waals surface area contributed by atoms with Crippen molar-refractivity contribution in [3.05, 3.63) is 0 Å². The Labute approximate surface area is 123 Å². The molecule has 0 aromatic heterocycles. The van der Waals surface area contributed by atoms with Crippen LogP contribution in [0.25, 0.3) is 0 Å². The molecular formula is C16H32N2S. The van der Waals surface area contributed by atoms with E-state index in [1.807, 2.05) is 11.8 Å². The molecule has 112 valence electrons. The molecule has 1 saturated heterocycles. The number of hydrogen-bond acceptors (Lipinski definition) is 3. The van der Waals surface area contributed by atoms with E-state index in [1.165, 1.54) is 51.5 Å². The van der Waals surface area contributed by atoms with Gasteiger partial charge in [0.1, 0.15) is 0 Å². The minimum Gasteiger partial charge on any atom is -0.314 e. The molecule has 1 heterocycles. The lowest BCUT2D eigenvalue weighted by Crippen LogP contribution is -2.52. The van der Waals surface area contributed by atoms with Crippen LogP contribution in [0.1, 0.15) is 58.8 Å². The molecule has 0 bridgehead atoms.